The Hall–Kier alpha value is -2.05. The number of carbonyl (C=O) groups excluding carboxylic acids is 2. The molecule has 1 saturated heterocycles. The van der Waals surface area contributed by atoms with Crippen molar-refractivity contribution >= 4 is 18.1 Å². The smallest absolute Gasteiger partial charge is 0.344 e. The minimum absolute atomic E-state index is 0.0585. The molecule has 1 aliphatic heterocycles. The van der Waals surface area contributed by atoms with Crippen molar-refractivity contribution in [3.05, 3.63) is 18.1 Å². The Morgan fingerprint density at radius 3 is 2.65 bits per heavy atom. The van der Waals surface area contributed by atoms with Crippen molar-refractivity contribution in [1.82, 2.24) is 9.97 Å². The van der Waals surface area contributed by atoms with Gasteiger partial charge in [-0.05, 0) is 6.92 Å². The van der Waals surface area contributed by atoms with E-state index in [1.54, 1.807) is 6.92 Å². The lowest BCUT2D eigenvalue weighted by Gasteiger charge is -2.35. The molecule has 0 amide bonds. The van der Waals surface area contributed by atoms with E-state index in [1.165, 1.54) is 12.4 Å². The number of hydrogen-bond acceptors (Lipinski definition) is 6. The fourth-order valence-electron chi connectivity index (χ4n) is 2.11. The fraction of sp³-hybridized carbons (Fsp3) is 0.538. The molecule has 2 rings (SSSR count). The Morgan fingerprint density at radius 1 is 1.45 bits per heavy atom. The van der Waals surface area contributed by atoms with Gasteiger partial charge in [-0.3, -0.25) is 4.79 Å². The Bertz CT molecular complexity index is 484. The van der Waals surface area contributed by atoms with Crippen molar-refractivity contribution < 1.29 is 18.7 Å². The molecular weight excluding hydrogens is 265 g/mol. The molecule has 1 aromatic heterocycles. The van der Waals surface area contributed by atoms with Crippen LogP contribution in [0.5, 0.6) is 0 Å². The molecule has 6 nitrogen and oxygen atoms in total. The number of piperidine rings is 1. The van der Waals surface area contributed by atoms with Crippen molar-refractivity contribution in [2.45, 2.75) is 25.4 Å². The SMILES string of the molecule is CCOC(=O)C1(F)CCN(c2cnc(C=O)cn2)CC1. The van der Waals surface area contributed by atoms with Gasteiger partial charge in [-0.15, -0.1) is 0 Å². The maximum absolute atomic E-state index is 14.4. The number of nitrogens with zero attached hydrogens (tertiary/aromatic N) is 3. The average molecular weight is 281 g/mol. The Balaban J connectivity index is 1.99. The quantitative estimate of drug-likeness (QED) is 0.609. The molecule has 108 valence electrons. The van der Waals surface area contributed by atoms with Gasteiger partial charge < -0.3 is 9.64 Å². The lowest BCUT2D eigenvalue weighted by Crippen LogP contribution is -2.47. The lowest BCUT2D eigenvalue weighted by atomic mass is 9.93. The maximum atomic E-state index is 14.4. The molecule has 1 aromatic rings. The van der Waals surface area contributed by atoms with Crippen LogP contribution < -0.4 is 4.90 Å². The molecule has 7 heteroatoms. The van der Waals surface area contributed by atoms with Crippen LogP contribution in [0.15, 0.2) is 12.4 Å². The van der Waals surface area contributed by atoms with Crippen LogP contribution in [0.3, 0.4) is 0 Å². The number of halogens is 1. The first-order valence-corrected chi connectivity index (χ1v) is 6.47. The van der Waals surface area contributed by atoms with Crippen molar-refractivity contribution in [1.29, 1.82) is 0 Å². The van der Waals surface area contributed by atoms with Crippen molar-refractivity contribution in [2.75, 3.05) is 24.6 Å². The Kier molecular flexibility index (Phi) is 4.26. The van der Waals surface area contributed by atoms with Gasteiger partial charge in [-0.2, -0.15) is 0 Å². The van der Waals surface area contributed by atoms with E-state index < -0.39 is 11.6 Å². The summed E-state index contributed by atoms with van der Waals surface area (Å²) in [5.41, 5.74) is -1.67. The van der Waals surface area contributed by atoms with Crippen LogP contribution in [-0.4, -0.2) is 47.6 Å². The number of hydrogen-bond donors (Lipinski definition) is 0. The molecule has 0 unspecified atom stereocenters. The van der Waals surface area contributed by atoms with E-state index in [1.807, 2.05) is 4.90 Å². The number of aromatic nitrogens is 2. The van der Waals surface area contributed by atoms with Gasteiger partial charge in [0.1, 0.15) is 11.5 Å². The molecule has 1 fully saturated rings. The summed E-state index contributed by atoms with van der Waals surface area (Å²) in [6, 6.07) is 0. The fourth-order valence-corrected chi connectivity index (χ4v) is 2.11. The maximum Gasteiger partial charge on any atom is 0.344 e. The molecule has 0 saturated carbocycles. The van der Waals surface area contributed by atoms with Crippen molar-refractivity contribution in [2.24, 2.45) is 0 Å². The molecule has 1 aliphatic rings. The highest BCUT2D eigenvalue weighted by atomic mass is 19.1. The van der Waals surface area contributed by atoms with Crippen LogP contribution in [0.4, 0.5) is 10.2 Å². The van der Waals surface area contributed by atoms with Crippen LogP contribution in [0.1, 0.15) is 30.3 Å². The highest BCUT2D eigenvalue weighted by molar-refractivity contribution is 5.80. The number of carbonyl (C=O) groups is 2. The second-order valence-electron chi connectivity index (χ2n) is 4.59. The third kappa shape index (κ3) is 2.92. The van der Waals surface area contributed by atoms with Crippen LogP contribution in [0, 0.1) is 0 Å². The minimum Gasteiger partial charge on any atom is -0.464 e. The molecule has 0 bridgehead atoms. The highest BCUT2D eigenvalue weighted by Crippen LogP contribution is 2.29. The zero-order chi connectivity index (χ0) is 14.6. The van der Waals surface area contributed by atoms with Gasteiger partial charge in [0.2, 0.25) is 5.67 Å². The van der Waals surface area contributed by atoms with Crippen LogP contribution >= 0.6 is 0 Å². The van der Waals surface area contributed by atoms with Crippen LogP contribution in [0.2, 0.25) is 0 Å². The third-order valence-electron chi connectivity index (χ3n) is 3.30. The van der Waals surface area contributed by atoms with E-state index in [0.717, 1.165) is 0 Å². The largest absolute Gasteiger partial charge is 0.464 e. The van der Waals surface area contributed by atoms with Gasteiger partial charge in [-0.25, -0.2) is 19.2 Å². The zero-order valence-corrected chi connectivity index (χ0v) is 11.2. The number of aldehydes is 1. The Morgan fingerprint density at radius 2 is 2.15 bits per heavy atom. The molecule has 20 heavy (non-hydrogen) atoms. The standard InChI is InChI=1S/C13H16FN3O3/c1-2-20-12(19)13(14)3-5-17(6-4-13)11-8-15-10(9-18)7-16-11/h7-9H,2-6H2,1H3. The van der Waals surface area contributed by atoms with E-state index in [0.29, 0.717) is 25.2 Å². The summed E-state index contributed by atoms with van der Waals surface area (Å²) in [5.74, 6) is -0.219. The summed E-state index contributed by atoms with van der Waals surface area (Å²) in [5, 5.41) is 0. The first-order valence-electron chi connectivity index (χ1n) is 6.47. The predicted molar refractivity (Wildman–Crippen MR) is 69.3 cm³/mol. The minimum atomic E-state index is -1.91. The lowest BCUT2D eigenvalue weighted by molar-refractivity contribution is -0.158. The first-order chi connectivity index (χ1) is 9.59. The topological polar surface area (TPSA) is 72.4 Å². The molecule has 0 radical (unpaired) electrons. The zero-order valence-electron chi connectivity index (χ0n) is 11.2. The normalized spacial score (nSPS) is 17.6. The van der Waals surface area contributed by atoms with E-state index in [9.17, 15) is 14.0 Å². The van der Waals surface area contributed by atoms with Gasteiger partial charge >= 0.3 is 5.97 Å². The molecule has 0 N–H and O–H groups in total. The number of ether oxygens (including phenoxy) is 1. The highest BCUT2D eigenvalue weighted by Gasteiger charge is 2.43. The monoisotopic (exact) mass is 281 g/mol. The molecule has 0 aromatic carbocycles. The number of alkyl halides is 1. The van der Waals surface area contributed by atoms with Crippen molar-refractivity contribution in [3.8, 4) is 0 Å². The van der Waals surface area contributed by atoms with E-state index in [2.05, 4.69) is 9.97 Å². The van der Waals surface area contributed by atoms with Crippen LogP contribution in [0.25, 0.3) is 0 Å². The van der Waals surface area contributed by atoms with Crippen LogP contribution in [-0.2, 0) is 9.53 Å². The number of anilines is 1. The molecule has 2 heterocycles. The summed E-state index contributed by atoms with van der Waals surface area (Å²) >= 11 is 0. The summed E-state index contributed by atoms with van der Waals surface area (Å²) in [6.45, 7) is 2.53. The molecular formula is C13H16FN3O3. The summed E-state index contributed by atoms with van der Waals surface area (Å²) in [6.07, 6.45) is 3.57. The predicted octanol–water partition coefficient (Wildman–Crippen LogP) is 1.16. The molecule has 0 atom stereocenters. The van der Waals surface area contributed by atoms with E-state index in [4.69, 9.17) is 4.74 Å². The van der Waals surface area contributed by atoms with Gasteiger partial charge in [-0.1, -0.05) is 0 Å². The number of esters is 1. The summed E-state index contributed by atoms with van der Waals surface area (Å²) < 4.78 is 19.1. The number of rotatable bonds is 4. The van der Waals surface area contributed by atoms with Gasteiger partial charge in [0.25, 0.3) is 0 Å². The van der Waals surface area contributed by atoms with Crippen molar-refractivity contribution in [3.63, 3.8) is 0 Å². The van der Waals surface area contributed by atoms with E-state index >= 15 is 0 Å². The molecule has 0 aliphatic carbocycles. The third-order valence-corrected chi connectivity index (χ3v) is 3.30. The van der Waals surface area contributed by atoms with Gasteiger partial charge in [0.15, 0.2) is 6.29 Å². The average Bonchev–Trinajstić information content (AvgIpc) is 2.48. The molecule has 0 spiro atoms. The van der Waals surface area contributed by atoms with Gasteiger partial charge in [0.05, 0.1) is 19.0 Å². The summed E-state index contributed by atoms with van der Waals surface area (Å²) in [7, 11) is 0. The first kappa shape index (κ1) is 14.4. The second kappa shape index (κ2) is 5.94. The van der Waals surface area contributed by atoms with E-state index in [-0.39, 0.29) is 25.1 Å². The summed E-state index contributed by atoms with van der Waals surface area (Å²) in [4.78, 5) is 31.9. The second-order valence-corrected chi connectivity index (χ2v) is 4.59. The van der Waals surface area contributed by atoms with Gasteiger partial charge in [0, 0.05) is 25.9 Å². The Labute approximate surface area is 116 Å².